The molecule has 0 saturated carbocycles. The number of carbonyl (C=O) groups excluding carboxylic acids is 1. The van der Waals surface area contributed by atoms with Gasteiger partial charge in [-0.05, 0) is 6.92 Å². The first-order valence-electron chi connectivity index (χ1n) is 9.11. The van der Waals surface area contributed by atoms with Crippen molar-refractivity contribution in [1.82, 2.24) is 29.5 Å². The van der Waals surface area contributed by atoms with Gasteiger partial charge in [0.15, 0.2) is 5.65 Å². The molecule has 9 nitrogen and oxygen atoms in total. The maximum Gasteiger partial charge on any atom is 0.236 e. The van der Waals surface area contributed by atoms with Crippen LogP contribution in [-0.4, -0.2) is 94.0 Å². The molecule has 0 radical (unpaired) electrons. The lowest BCUT2D eigenvalue weighted by Gasteiger charge is -2.37. The fourth-order valence-corrected chi connectivity index (χ4v) is 3.66. The van der Waals surface area contributed by atoms with E-state index in [1.165, 1.54) is 0 Å². The molecule has 0 unspecified atom stereocenters. The predicted octanol–water partition coefficient (Wildman–Crippen LogP) is -0.267. The van der Waals surface area contributed by atoms with Crippen molar-refractivity contribution in [3.63, 3.8) is 0 Å². The Labute approximate surface area is 152 Å². The Hall–Kier alpha value is -2.26. The molecular weight excluding hydrogens is 334 g/mol. The van der Waals surface area contributed by atoms with E-state index >= 15 is 0 Å². The molecule has 0 N–H and O–H groups in total. The molecule has 1 atom stereocenters. The highest BCUT2D eigenvalue weighted by atomic mass is 16.5. The SMILES string of the molecule is C[C@H]1CN(C(=O)CN2CCN(c3ncnc4c3cnn4C)CC2)CCO1. The van der Waals surface area contributed by atoms with E-state index < -0.39 is 0 Å². The first-order chi connectivity index (χ1) is 12.6. The van der Waals surface area contributed by atoms with Crippen LogP contribution in [0.25, 0.3) is 11.0 Å². The zero-order valence-electron chi connectivity index (χ0n) is 15.3. The van der Waals surface area contributed by atoms with E-state index in [4.69, 9.17) is 4.74 Å². The number of hydrogen-bond donors (Lipinski definition) is 0. The standard InChI is InChI=1S/C17H25N7O2/c1-13-10-24(7-8-26-13)15(25)11-22-3-5-23(6-4-22)17-14-9-20-21(2)16(14)18-12-19-17/h9,12-13H,3-8,10-11H2,1-2H3/t13-/m0/s1. The molecule has 140 valence electrons. The number of amides is 1. The van der Waals surface area contributed by atoms with Gasteiger partial charge in [-0.2, -0.15) is 5.10 Å². The number of fused-ring (bicyclic) bond motifs is 1. The van der Waals surface area contributed by atoms with Gasteiger partial charge in [0.2, 0.25) is 5.91 Å². The van der Waals surface area contributed by atoms with E-state index in [1.807, 2.05) is 25.1 Å². The zero-order valence-corrected chi connectivity index (χ0v) is 15.3. The minimum atomic E-state index is 0.129. The van der Waals surface area contributed by atoms with Crippen LogP contribution < -0.4 is 4.90 Å². The van der Waals surface area contributed by atoms with Crippen molar-refractivity contribution in [1.29, 1.82) is 0 Å². The largest absolute Gasteiger partial charge is 0.375 e. The van der Waals surface area contributed by atoms with E-state index in [9.17, 15) is 4.79 Å². The van der Waals surface area contributed by atoms with Crippen LogP contribution in [0.2, 0.25) is 0 Å². The van der Waals surface area contributed by atoms with Crippen molar-refractivity contribution in [2.24, 2.45) is 7.05 Å². The van der Waals surface area contributed by atoms with Crippen LogP contribution in [0.5, 0.6) is 0 Å². The quantitative estimate of drug-likeness (QED) is 0.746. The number of ether oxygens (including phenoxy) is 1. The Morgan fingerprint density at radius 1 is 1.23 bits per heavy atom. The first-order valence-corrected chi connectivity index (χ1v) is 9.11. The van der Waals surface area contributed by atoms with Crippen LogP contribution in [0.4, 0.5) is 5.82 Å². The summed E-state index contributed by atoms with van der Waals surface area (Å²) in [5, 5.41) is 5.25. The van der Waals surface area contributed by atoms with Crippen LogP contribution >= 0.6 is 0 Å². The summed E-state index contributed by atoms with van der Waals surface area (Å²) in [6.45, 7) is 7.89. The molecule has 2 fully saturated rings. The first kappa shape index (κ1) is 17.2. The van der Waals surface area contributed by atoms with Crippen molar-refractivity contribution >= 4 is 22.8 Å². The molecule has 2 saturated heterocycles. The van der Waals surface area contributed by atoms with Gasteiger partial charge in [0.05, 0.1) is 30.8 Å². The van der Waals surface area contributed by atoms with Gasteiger partial charge in [0.25, 0.3) is 0 Å². The van der Waals surface area contributed by atoms with Crippen LogP contribution in [0.3, 0.4) is 0 Å². The van der Waals surface area contributed by atoms with Crippen molar-refractivity contribution in [2.75, 3.05) is 57.3 Å². The van der Waals surface area contributed by atoms with Gasteiger partial charge in [-0.15, -0.1) is 0 Å². The van der Waals surface area contributed by atoms with E-state index in [2.05, 4.69) is 24.9 Å². The number of carbonyl (C=O) groups is 1. The van der Waals surface area contributed by atoms with Gasteiger partial charge in [-0.1, -0.05) is 0 Å². The summed E-state index contributed by atoms with van der Waals surface area (Å²) in [6, 6.07) is 0. The molecule has 2 aliphatic rings. The van der Waals surface area contributed by atoms with Gasteiger partial charge < -0.3 is 14.5 Å². The van der Waals surface area contributed by atoms with Crippen LogP contribution in [0, 0.1) is 0 Å². The summed E-state index contributed by atoms with van der Waals surface area (Å²) in [4.78, 5) is 27.7. The number of piperazine rings is 1. The second-order valence-electron chi connectivity index (χ2n) is 6.99. The summed E-state index contributed by atoms with van der Waals surface area (Å²) < 4.78 is 7.28. The molecule has 2 aromatic rings. The third-order valence-electron chi connectivity index (χ3n) is 5.13. The van der Waals surface area contributed by atoms with Gasteiger partial charge in [0.1, 0.15) is 12.1 Å². The van der Waals surface area contributed by atoms with Crippen molar-refractivity contribution in [3.05, 3.63) is 12.5 Å². The van der Waals surface area contributed by atoms with Crippen LogP contribution in [-0.2, 0) is 16.6 Å². The summed E-state index contributed by atoms with van der Waals surface area (Å²) in [5.41, 5.74) is 0.842. The second-order valence-corrected chi connectivity index (χ2v) is 6.99. The average molecular weight is 359 g/mol. The molecule has 1 amide bonds. The van der Waals surface area contributed by atoms with Gasteiger partial charge in [0, 0.05) is 46.3 Å². The Kier molecular flexibility index (Phi) is 4.73. The minimum Gasteiger partial charge on any atom is -0.375 e. The van der Waals surface area contributed by atoms with E-state index in [-0.39, 0.29) is 12.0 Å². The number of anilines is 1. The Morgan fingerprint density at radius 2 is 2.04 bits per heavy atom. The third kappa shape index (κ3) is 3.36. The molecule has 4 rings (SSSR count). The predicted molar refractivity (Wildman–Crippen MR) is 97.0 cm³/mol. The molecule has 0 spiro atoms. The molecular formula is C17H25N7O2. The highest BCUT2D eigenvalue weighted by Crippen LogP contribution is 2.23. The number of aryl methyl sites for hydroxylation is 1. The monoisotopic (exact) mass is 359 g/mol. The summed E-state index contributed by atoms with van der Waals surface area (Å²) in [5.74, 6) is 1.13. The average Bonchev–Trinajstić information content (AvgIpc) is 3.04. The van der Waals surface area contributed by atoms with E-state index in [0.717, 1.165) is 43.0 Å². The number of nitrogens with zero attached hydrogens (tertiary/aromatic N) is 7. The molecule has 4 heterocycles. The lowest BCUT2D eigenvalue weighted by Crippen LogP contribution is -2.52. The van der Waals surface area contributed by atoms with Crippen LogP contribution in [0.15, 0.2) is 12.5 Å². The Balaban J connectivity index is 1.36. The smallest absolute Gasteiger partial charge is 0.236 e. The fraction of sp³-hybridized carbons (Fsp3) is 0.647. The molecule has 0 aromatic carbocycles. The third-order valence-corrected chi connectivity index (χ3v) is 5.13. The minimum absolute atomic E-state index is 0.129. The topological polar surface area (TPSA) is 79.6 Å². The molecule has 2 aliphatic heterocycles. The molecule has 0 bridgehead atoms. The Morgan fingerprint density at radius 3 is 2.81 bits per heavy atom. The number of morpholine rings is 1. The maximum atomic E-state index is 12.5. The summed E-state index contributed by atoms with van der Waals surface area (Å²) in [6.07, 6.45) is 3.54. The number of rotatable bonds is 3. The number of aromatic nitrogens is 4. The zero-order chi connectivity index (χ0) is 18.1. The summed E-state index contributed by atoms with van der Waals surface area (Å²) in [7, 11) is 1.88. The van der Waals surface area contributed by atoms with Crippen molar-refractivity contribution in [2.45, 2.75) is 13.0 Å². The van der Waals surface area contributed by atoms with Gasteiger partial charge in [-0.3, -0.25) is 14.4 Å². The van der Waals surface area contributed by atoms with Gasteiger partial charge in [-0.25, -0.2) is 9.97 Å². The fourth-order valence-electron chi connectivity index (χ4n) is 3.66. The van der Waals surface area contributed by atoms with E-state index in [1.54, 1.807) is 11.0 Å². The van der Waals surface area contributed by atoms with Gasteiger partial charge >= 0.3 is 0 Å². The molecule has 26 heavy (non-hydrogen) atoms. The van der Waals surface area contributed by atoms with Crippen LogP contribution in [0.1, 0.15) is 6.92 Å². The second kappa shape index (κ2) is 7.16. The van der Waals surface area contributed by atoms with E-state index in [0.29, 0.717) is 26.2 Å². The molecule has 0 aliphatic carbocycles. The highest BCUT2D eigenvalue weighted by molar-refractivity contribution is 5.86. The molecule has 9 heteroatoms. The summed E-state index contributed by atoms with van der Waals surface area (Å²) >= 11 is 0. The normalized spacial score (nSPS) is 22.2. The lowest BCUT2D eigenvalue weighted by molar-refractivity contribution is -0.139. The Bertz CT molecular complexity index is 785. The highest BCUT2D eigenvalue weighted by Gasteiger charge is 2.26. The van der Waals surface area contributed by atoms with Crippen molar-refractivity contribution < 1.29 is 9.53 Å². The lowest BCUT2D eigenvalue weighted by atomic mass is 10.2. The maximum absolute atomic E-state index is 12.5. The molecule has 2 aromatic heterocycles. The number of hydrogen-bond acceptors (Lipinski definition) is 7. The van der Waals surface area contributed by atoms with Crippen molar-refractivity contribution in [3.8, 4) is 0 Å².